The average Bonchev–Trinajstić information content (AvgIpc) is 2.71. The lowest BCUT2D eigenvalue weighted by Crippen LogP contribution is -2.26. The van der Waals surface area contributed by atoms with E-state index >= 15 is 0 Å². The molecule has 0 bridgehead atoms. The summed E-state index contributed by atoms with van der Waals surface area (Å²) in [6, 6.07) is 1.18. The molecule has 1 aromatic rings. The summed E-state index contributed by atoms with van der Waals surface area (Å²) >= 11 is 0.914. The highest BCUT2D eigenvalue weighted by Crippen LogP contribution is 2.31. The fourth-order valence-corrected chi connectivity index (χ4v) is 3.79. The van der Waals surface area contributed by atoms with Crippen LogP contribution in [-0.2, 0) is 10.0 Å². The van der Waals surface area contributed by atoms with Crippen LogP contribution in [0.1, 0.15) is 23.0 Å². The molecule has 1 fully saturated rings. The lowest BCUT2D eigenvalue weighted by atomic mass is 10.5. The van der Waals surface area contributed by atoms with Crippen molar-refractivity contribution in [1.82, 2.24) is 4.72 Å². The van der Waals surface area contributed by atoms with E-state index in [9.17, 15) is 13.2 Å². The molecule has 0 radical (unpaired) electrons. The number of carbonyl (C=O) groups is 1. The van der Waals surface area contributed by atoms with E-state index < -0.39 is 16.0 Å². The van der Waals surface area contributed by atoms with Gasteiger partial charge in [-0.1, -0.05) is 6.92 Å². The zero-order valence-corrected chi connectivity index (χ0v) is 10.1. The first-order chi connectivity index (χ1) is 7.40. The van der Waals surface area contributed by atoms with E-state index in [0.717, 1.165) is 17.8 Å². The summed E-state index contributed by atoms with van der Waals surface area (Å²) in [6.45, 7) is 1.96. The monoisotopic (exact) mass is 261 g/mol. The molecule has 0 spiro atoms. The van der Waals surface area contributed by atoms with Crippen molar-refractivity contribution in [3.63, 3.8) is 0 Å². The van der Waals surface area contributed by atoms with E-state index in [4.69, 9.17) is 5.11 Å². The van der Waals surface area contributed by atoms with Crippen molar-refractivity contribution in [3.8, 4) is 0 Å². The number of carboxylic acids is 1. The van der Waals surface area contributed by atoms with Gasteiger partial charge in [0.25, 0.3) is 0 Å². The largest absolute Gasteiger partial charge is 0.477 e. The fraction of sp³-hybridized carbons (Fsp3) is 0.444. The van der Waals surface area contributed by atoms with E-state index in [0.29, 0.717) is 5.92 Å². The number of hydrogen-bond acceptors (Lipinski definition) is 4. The predicted molar refractivity (Wildman–Crippen MR) is 59.2 cm³/mol. The highest BCUT2D eigenvalue weighted by molar-refractivity contribution is 7.89. The Bertz CT molecular complexity index is 519. The highest BCUT2D eigenvalue weighted by Gasteiger charge is 2.36. The molecule has 0 saturated heterocycles. The summed E-state index contributed by atoms with van der Waals surface area (Å²) < 4.78 is 26.1. The van der Waals surface area contributed by atoms with E-state index in [2.05, 4.69) is 4.72 Å². The summed E-state index contributed by atoms with van der Waals surface area (Å²) in [7, 11) is -3.55. The molecule has 2 N–H and O–H groups in total. The second-order valence-electron chi connectivity index (χ2n) is 3.89. The van der Waals surface area contributed by atoms with Gasteiger partial charge < -0.3 is 5.11 Å². The van der Waals surface area contributed by atoms with Crippen LogP contribution in [0.2, 0.25) is 0 Å². The Morgan fingerprint density at radius 1 is 1.62 bits per heavy atom. The number of hydrogen-bond donors (Lipinski definition) is 2. The number of aromatic carboxylic acids is 1. The Labute approximate surface area is 97.2 Å². The van der Waals surface area contributed by atoms with Gasteiger partial charge >= 0.3 is 5.97 Å². The van der Waals surface area contributed by atoms with Gasteiger partial charge in [-0.25, -0.2) is 17.9 Å². The summed E-state index contributed by atoms with van der Waals surface area (Å²) in [6.07, 6.45) is 0.842. The van der Waals surface area contributed by atoms with Crippen LogP contribution in [0.15, 0.2) is 16.3 Å². The van der Waals surface area contributed by atoms with E-state index in [-0.39, 0.29) is 15.8 Å². The standard InChI is InChI=1S/C9H11NO4S2/c1-5-2-7(5)10-16(13,14)6-3-8(9(11)12)15-4-6/h3-5,7,10H,2H2,1H3,(H,11,12). The highest BCUT2D eigenvalue weighted by atomic mass is 32.2. The number of thiophene rings is 1. The molecule has 16 heavy (non-hydrogen) atoms. The summed E-state index contributed by atoms with van der Waals surface area (Å²) in [5.74, 6) is -0.737. The maximum atomic E-state index is 11.8. The third kappa shape index (κ3) is 2.26. The molecule has 1 saturated carbocycles. The van der Waals surface area contributed by atoms with Crippen LogP contribution in [0.3, 0.4) is 0 Å². The molecule has 2 unspecified atom stereocenters. The number of sulfonamides is 1. The van der Waals surface area contributed by atoms with Gasteiger partial charge in [-0.2, -0.15) is 0 Å². The normalized spacial score (nSPS) is 24.3. The summed E-state index contributed by atoms with van der Waals surface area (Å²) in [5, 5.41) is 10.0. The summed E-state index contributed by atoms with van der Waals surface area (Å²) in [4.78, 5) is 10.7. The zero-order valence-electron chi connectivity index (χ0n) is 8.50. The zero-order chi connectivity index (χ0) is 11.9. The van der Waals surface area contributed by atoms with Crippen LogP contribution >= 0.6 is 11.3 Å². The van der Waals surface area contributed by atoms with Crippen molar-refractivity contribution in [1.29, 1.82) is 0 Å². The molecule has 1 aliphatic carbocycles. The van der Waals surface area contributed by atoms with Gasteiger partial charge in [0.05, 0.1) is 4.90 Å². The van der Waals surface area contributed by atoms with Crippen molar-refractivity contribution < 1.29 is 18.3 Å². The van der Waals surface area contributed by atoms with Crippen LogP contribution < -0.4 is 4.72 Å². The smallest absolute Gasteiger partial charge is 0.345 e. The maximum absolute atomic E-state index is 11.8. The third-order valence-electron chi connectivity index (χ3n) is 2.51. The topological polar surface area (TPSA) is 83.5 Å². The van der Waals surface area contributed by atoms with E-state index in [1.54, 1.807) is 0 Å². The average molecular weight is 261 g/mol. The molecule has 1 heterocycles. The molecular weight excluding hydrogens is 250 g/mol. The number of carboxylic acid groups (broad SMARTS) is 1. The number of rotatable bonds is 4. The number of nitrogens with one attached hydrogen (secondary N) is 1. The van der Waals surface area contributed by atoms with Crippen LogP contribution in [0.25, 0.3) is 0 Å². The first kappa shape index (κ1) is 11.6. The molecule has 5 nitrogen and oxygen atoms in total. The minimum Gasteiger partial charge on any atom is -0.477 e. The van der Waals surface area contributed by atoms with Gasteiger partial charge in [0.2, 0.25) is 10.0 Å². The molecule has 88 valence electrons. The summed E-state index contributed by atoms with van der Waals surface area (Å²) in [5.41, 5.74) is 0. The van der Waals surface area contributed by atoms with Gasteiger partial charge in [-0.3, -0.25) is 0 Å². The molecule has 1 aromatic heterocycles. The Morgan fingerprint density at radius 2 is 2.25 bits per heavy atom. The van der Waals surface area contributed by atoms with Crippen LogP contribution in [0.4, 0.5) is 0 Å². The lowest BCUT2D eigenvalue weighted by molar-refractivity contribution is 0.0702. The quantitative estimate of drug-likeness (QED) is 0.851. The van der Waals surface area contributed by atoms with Gasteiger partial charge in [0.1, 0.15) is 4.88 Å². The minimum absolute atomic E-state index is 0.00169. The van der Waals surface area contributed by atoms with E-state index in [1.165, 1.54) is 11.4 Å². The molecular formula is C9H11NO4S2. The van der Waals surface area contributed by atoms with Crippen molar-refractivity contribution >= 4 is 27.3 Å². The Morgan fingerprint density at radius 3 is 2.69 bits per heavy atom. The molecule has 1 aliphatic rings. The van der Waals surface area contributed by atoms with Crippen molar-refractivity contribution in [3.05, 3.63) is 16.3 Å². The molecule has 0 amide bonds. The minimum atomic E-state index is -3.55. The molecule has 2 atom stereocenters. The van der Waals surface area contributed by atoms with Gasteiger partial charge in [-0.05, 0) is 18.4 Å². The SMILES string of the molecule is CC1CC1NS(=O)(=O)c1csc(C(=O)O)c1. The van der Waals surface area contributed by atoms with Crippen LogP contribution in [0.5, 0.6) is 0 Å². The molecule has 0 aliphatic heterocycles. The van der Waals surface area contributed by atoms with Crippen molar-refractivity contribution in [2.24, 2.45) is 5.92 Å². The van der Waals surface area contributed by atoms with E-state index in [1.807, 2.05) is 6.92 Å². The third-order valence-corrected chi connectivity index (χ3v) is 5.05. The molecule has 7 heteroatoms. The van der Waals surface area contributed by atoms with Gasteiger partial charge in [-0.15, -0.1) is 11.3 Å². The maximum Gasteiger partial charge on any atom is 0.345 e. The van der Waals surface area contributed by atoms with Crippen LogP contribution in [-0.4, -0.2) is 25.5 Å². The first-order valence-electron chi connectivity index (χ1n) is 4.74. The molecule has 2 rings (SSSR count). The lowest BCUT2D eigenvalue weighted by Gasteiger charge is -2.02. The second kappa shape index (κ2) is 3.83. The second-order valence-corrected chi connectivity index (χ2v) is 6.52. The molecule has 0 aromatic carbocycles. The predicted octanol–water partition coefficient (Wildman–Crippen LogP) is 1.13. The van der Waals surface area contributed by atoms with Crippen molar-refractivity contribution in [2.75, 3.05) is 0 Å². The fourth-order valence-electron chi connectivity index (χ4n) is 1.33. The Kier molecular flexibility index (Phi) is 2.77. The first-order valence-corrected chi connectivity index (χ1v) is 7.10. The van der Waals surface area contributed by atoms with Crippen molar-refractivity contribution in [2.45, 2.75) is 24.3 Å². The van der Waals surface area contributed by atoms with Gasteiger partial charge in [0, 0.05) is 11.4 Å². The van der Waals surface area contributed by atoms with Crippen LogP contribution in [0, 0.1) is 5.92 Å². The Balaban J connectivity index is 2.18. The Hall–Kier alpha value is -0.920. The van der Waals surface area contributed by atoms with Gasteiger partial charge in [0.15, 0.2) is 0 Å².